The number of ether oxygens (including phenoxy) is 1. The average molecular weight is 457 g/mol. The lowest BCUT2D eigenvalue weighted by Crippen LogP contribution is -2.24. The van der Waals surface area contributed by atoms with Gasteiger partial charge in [-0.15, -0.1) is 10.2 Å². The van der Waals surface area contributed by atoms with Crippen molar-refractivity contribution in [3.63, 3.8) is 0 Å². The molecule has 5 aromatic rings. The van der Waals surface area contributed by atoms with Crippen LogP contribution in [-0.2, 0) is 6.54 Å². The van der Waals surface area contributed by atoms with Crippen molar-refractivity contribution >= 4 is 34.2 Å². The van der Waals surface area contributed by atoms with Crippen LogP contribution in [0.15, 0.2) is 88.8 Å². The Balaban J connectivity index is 1.60. The largest absolute Gasteiger partial charge is 0.496 e. The zero-order valence-corrected chi connectivity index (χ0v) is 18.7. The van der Waals surface area contributed by atoms with Gasteiger partial charge in [-0.25, -0.2) is 0 Å². The van der Waals surface area contributed by atoms with Crippen LogP contribution in [-0.4, -0.2) is 37.8 Å². The first-order chi connectivity index (χ1) is 16.2. The van der Waals surface area contributed by atoms with E-state index in [-0.39, 0.29) is 23.6 Å². The van der Waals surface area contributed by atoms with Crippen molar-refractivity contribution in [3.8, 4) is 5.75 Å². The third-order valence-electron chi connectivity index (χ3n) is 5.43. The van der Waals surface area contributed by atoms with Crippen molar-refractivity contribution in [1.29, 1.82) is 0 Å². The van der Waals surface area contributed by atoms with Crippen LogP contribution >= 0.6 is 11.8 Å². The van der Waals surface area contributed by atoms with E-state index in [2.05, 4.69) is 10.2 Å². The van der Waals surface area contributed by atoms with Gasteiger partial charge in [0, 0.05) is 11.1 Å². The first kappa shape index (κ1) is 21.0. The molecule has 0 spiro atoms. The quantitative estimate of drug-likeness (QED) is 0.271. The summed E-state index contributed by atoms with van der Waals surface area (Å²) in [5.74, 6) is 1.33. The minimum Gasteiger partial charge on any atom is -0.496 e. The maximum absolute atomic E-state index is 13.4. The number of hydrogen-bond donors (Lipinski definition) is 0. The number of para-hydroxylation sites is 2. The topological polar surface area (TPSA) is 78.5 Å². The van der Waals surface area contributed by atoms with Gasteiger partial charge in [0.05, 0.1) is 30.3 Å². The number of carbonyl (C=O) groups excluding carboxylic acids is 1. The molecule has 0 atom stereocenters. The summed E-state index contributed by atoms with van der Waals surface area (Å²) >= 11 is 1.30. The molecular formula is C25H20N4O3S. The lowest BCUT2D eigenvalue weighted by molar-refractivity contribution is 0.102. The number of rotatable bonds is 7. The maximum Gasteiger partial charge on any atom is 0.263 e. The molecule has 0 bridgehead atoms. The first-order valence-corrected chi connectivity index (χ1v) is 11.4. The highest BCUT2D eigenvalue weighted by molar-refractivity contribution is 7.99. The second kappa shape index (κ2) is 8.91. The number of benzene rings is 3. The van der Waals surface area contributed by atoms with Crippen LogP contribution in [0.2, 0.25) is 0 Å². The van der Waals surface area contributed by atoms with Gasteiger partial charge in [0.15, 0.2) is 10.9 Å². The molecule has 164 valence electrons. The highest BCUT2D eigenvalue weighted by atomic mass is 32.2. The monoisotopic (exact) mass is 456 g/mol. The Morgan fingerprint density at radius 3 is 2.48 bits per heavy atom. The van der Waals surface area contributed by atoms with Gasteiger partial charge in [-0.2, -0.15) is 0 Å². The van der Waals surface area contributed by atoms with Crippen molar-refractivity contribution in [3.05, 3.63) is 100 Å². The van der Waals surface area contributed by atoms with E-state index < -0.39 is 0 Å². The molecule has 0 aliphatic rings. The summed E-state index contributed by atoms with van der Waals surface area (Å²) in [6, 6.07) is 24.1. The molecule has 8 heteroatoms. The zero-order chi connectivity index (χ0) is 22.8. The number of Topliss-reactive ketones (excluding diaryl/α,β-unsaturated/α-hetero) is 1. The van der Waals surface area contributed by atoms with Crippen LogP contribution in [0.5, 0.6) is 5.75 Å². The number of ketones is 1. The molecule has 0 unspecified atom stereocenters. The number of carbonyl (C=O) groups is 1. The Hall–Kier alpha value is -3.91. The molecule has 33 heavy (non-hydrogen) atoms. The van der Waals surface area contributed by atoms with E-state index in [0.29, 0.717) is 33.1 Å². The summed E-state index contributed by atoms with van der Waals surface area (Å²) in [5, 5.41) is 9.77. The molecule has 7 nitrogen and oxygen atoms in total. The van der Waals surface area contributed by atoms with Crippen LogP contribution < -0.4 is 10.3 Å². The summed E-state index contributed by atoms with van der Waals surface area (Å²) in [6.07, 6.45) is 0. The van der Waals surface area contributed by atoms with Crippen molar-refractivity contribution in [2.24, 2.45) is 0 Å². The molecule has 0 saturated heterocycles. The van der Waals surface area contributed by atoms with E-state index >= 15 is 0 Å². The van der Waals surface area contributed by atoms with E-state index in [1.807, 2.05) is 65.1 Å². The third kappa shape index (κ3) is 3.89. The Bertz CT molecular complexity index is 1530. The van der Waals surface area contributed by atoms with Gasteiger partial charge in [-0.3, -0.25) is 18.6 Å². The van der Waals surface area contributed by atoms with Crippen molar-refractivity contribution in [1.82, 2.24) is 19.2 Å². The summed E-state index contributed by atoms with van der Waals surface area (Å²) < 4.78 is 8.91. The highest BCUT2D eigenvalue weighted by Crippen LogP contribution is 2.24. The number of nitrogens with zero attached hydrogens (tertiary/aromatic N) is 4. The highest BCUT2D eigenvalue weighted by Gasteiger charge is 2.19. The average Bonchev–Trinajstić information content (AvgIpc) is 3.30. The fourth-order valence-corrected chi connectivity index (χ4v) is 4.65. The van der Waals surface area contributed by atoms with Crippen molar-refractivity contribution < 1.29 is 9.53 Å². The molecule has 0 fully saturated rings. The van der Waals surface area contributed by atoms with E-state index in [1.165, 1.54) is 11.8 Å². The van der Waals surface area contributed by atoms with E-state index in [4.69, 9.17) is 4.74 Å². The minimum atomic E-state index is -0.159. The van der Waals surface area contributed by atoms with E-state index in [9.17, 15) is 9.59 Å². The summed E-state index contributed by atoms with van der Waals surface area (Å²) in [5.41, 5.74) is 2.05. The van der Waals surface area contributed by atoms with E-state index in [0.717, 1.165) is 5.56 Å². The number of fused-ring (bicyclic) bond motifs is 3. The molecule has 2 heterocycles. The van der Waals surface area contributed by atoms with Crippen LogP contribution in [0.25, 0.3) is 16.7 Å². The number of thioether (sulfide) groups is 1. The number of hydrogen-bond acceptors (Lipinski definition) is 6. The molecule has 0 amide bonds. The maximum atomic E-state index is 13.4. The van der Waals surface area contributed by atoms with Gasteiger partial charge in [-0.05, 0) is 18.2 Å². The number of aromatic nitrogens is 4. The standard InChI is InChI=1S/C25H20N4O3S/c1-32-22-14-8-5-11-18(22)15-28-23(31)19-12-6-7-13-20(19)29-24(28)26-27-25(29)33-16-21(30)17-9-3-2-4-10-17/h2-14H,15-16H2,1H3. The minimum absolute atomic E-state index is 0.00370. The molecular weight excluding hydrogens is 436 g/mol. The Morgan fingerprint density at radius 1 is 0.939 bits per heavy atom. The Kier molecular flexibility index (Phi) is 5.66. The first-order valence-electron chi connectivity index (χ1n) is 10.4. The molecule has 0 aliphatic heterocycles. The van der Waals surface area contributed by atoms with Gasteiger partial charge < -0.3 is 4.74 Å². The molecule has 5 rings (SSSR count). The van der Waals surface area contributed by atoms with Crippen LogP contribution in [0, 0.1) is 0 Å². The Morgan fingerprint density at radius 2 is 1.67 bits per heavy atom. The van der Waals surface area contributed by atoms with Gasteiger partial charge >= 0.3 is 0 Å². The molecule has 0 N–H and O–H groups in total. The predicted octanol–water partition coefficient (Wildman–Crippen LogP) is 4.08. The van der Waals surface area contributed by atoms with E-state index in [1.54, 1.807) is 29.9 Å². The third-order valence-corrected chi connectivity index (χ3v) is 6.36. The fraction of sp³-hybridized carbons (Fsp3) is 0.120. The number of methoxy groups -OCH3 is 1. The molecule has 0 radical (unpaired) electrons. The van der Waals surface area contributed by atoms with Crippen LogP contribution in [0.1, 0.15) is 15.9 Å². The summed E-state index contributed by atoms with van der Waals surface area (Å²) in [7, 11) is 1.60. The van der Waals surface area contributed by atoms with Gasteiger partial charge in [0.1, 0.15) is 5.75 Å². The predicted molar refractivity (Wildman–Crippen MR) is 128 cm³/mol. The molecule has 0 aliphatic carbocycles. The second-order valence-electron chi connectivity index (χ2n) is 7.42. The fourth-order valence-electron chi connectivity index (χ4n) is 3.81. The van der Waals surface area contributed by atoms with Crippen LogP contribution in [0.4, 0.5) is 0 Å². The SMILES string of the molecule is COc1ccccc1Cn1c(=O)c2ccccc2n2c(SCC(=O)c3ccccc3)nnc12. The molecule has 2 aromatic heterocycles. The van der Waals surface area contributed by atoms with Crippen LogP contribution in [0.3, 0.4) is 0 Å². The zero-order valence-electron chi connectivity index (χ0n) is 17.8. The Labute approximate surface area is 193 Å². The lowest BCUT2D eigenvalue weighted by atomic mass is 10.2. The summed E-state index contributed by atoms with van der Waals surface area (Å²) in [6.45, 7) is 0.281. The smallest absolute Gasteiger partial charge is 0.263 e. The molecule has 3 aromatic carbocycles. The van der Waals surface area contributed by atoms with Gasteiger partial charge in [0.25, 0.3) is 5.56 Å². The second-order valence-corrected chi connectivity index (χ2v) is 8.36. The molecule has 0 saturated carbocycles. The normalized spacial score (nSPS) is 11.2. The van der Waals surface area contributed by atoms with Crippen molar-refractivity contribution in [2.75, 3.05) is 12.9 Å². The summed E-state index contributed by atoms with van der Waals surface area (Å²) in [4.78, 5) is 26.0. The van der Waals surface area contributed by atoms with Gasteiger partial charge in [-0.1, -0.05) is 72.4 Å². The van der Waals surface area contributed by atoms with Crippen molar-refractivity contribution in [2.45, 2.75) is 11.7 Å². The van der Waals surface area contributed by atoms with Gasteiger partial charge in [0.2, 0.25) is 5.78 Å². The lowest BCUT2D eigenvalue weighted by Gasteiger charge is -2.13.